The minimum absolute atomic E-state index is 0.423. The van der Waals surface area contributed by atoms with Crippen molar-refractivity contribution in [2.75, 3.05) is 19.0 Å². The van der Waals surface area contributed by atoms with E-state index in [2.05, 4.69) is 4.90 Å². The Hall–Kier alpha value is -0.670. The van der Waals surface area contributed by atoms with E-state index in [4.69, 9.17) is 0 Å². The second-order valence-electron chi connectivity index (χ2n) is 3.93. The minimum Gasteiger partial charge on any atom is -0.508 e. The zero-order valence-corrected chi connectivity index (χ0v) is 9.67. The SMILES string of the molecule is Oc1ccccc1CSCN1CCCC1. The highest BCUT2D eigenvalue weighted by molar-refractivity contribution is 7.98. The molecule has 1 aromatic carbocycles. The van der Waals surface area contributed by atoms with Gasteiger partial charge in [0.2, 0.25) is 0 Å². The van der Waals surface area contributed by atoms with Gasteiger partial charge in [0.1, 0.15) is 5.75 Å². The second-order valence-corrected chi connectivity index (χ2v) is 4.89. The minimum atomic E-state index is 0.423. The summed E-state index contributed by atoms with van der Waals surface area (Å²) in [6.45, 7) is 2.49. The lowest BCUT2D eigenvalue weighted by Gasteiger charge is -2.13. The van der Waals surface area contributed by atoms with Crippen LogP contribution in [0.1, 0.15) is 18.4 Å². The molecule has 1 N–H and O–H groups in total. The number of nitrogens with zero attached hydrogens (tertiary/aromatic N) is 1. The van der Waals surface area contributed by atoms with Crippen molar-refractivity contribution in [1.82, 2.24) is 4.90 Å². The number of para-hydroxylation sites is 1. The fourth-order valence-electron chi connectivity index (χ4n) is 1.83. The smallest absolute Gasteiger partial charge is 0.119 e. The fourth-order valence-corrected chi connectivity index (χ4v) is 2.90. The third-order valence-electron chi connectivity index (χ3n) is 2.72. The standard InChI is InChI=1S/C12H17NOS/c14-12-6-2-1-5-11(12)9-15-10-13-7-3-4-8-13/h1-2,5-6,14H,3-4,7-10H2. The lowest BCUT2D eigenvalue weighted by atomic mass is 10.2. The molecule has 0 radical (unpaired) electrons. The second kappa shape index (κ2) is 5.42. The van der Waals surface area contributed by atoms with E-state index in [0.717, 1.165) is 17.2 Å². The molecular formula is C12H17NOS. The van der Waals surface area contributed by atoms with E-state index in [0.29, 0.717) is 5.75 Å². The van der Waals surface area contributed by atoms with Crippen LogP contribution >= 0.6 is 11.8 Å². The van der Waals surface area contributed by atoms with Crippen LogP contribution in [0.3, 0.4) is 0 Å². The van der Waals surface area contributed by atoms with Crippen molar-refractivity contribution in [3.8, 4) is 5.75 Å². The van der Waals surface area contributed by atoms with Gasteiger partial charge in [-0.1, -0.05) is 18.2 Å². The van der Waals surface area contributed by atoms with Gasteiger partial charge in [0, 0.05) is 17.2 Å². The Balaban J connectivity index is 1.75. The summed E-state index contributed by atoms with van der Waals surface area (Å²) >= 11 is 1.88. The number of hydrogen-bond acceptors (Lipinski definition) is 3. The molecule has 0 atom stereocenters. The van der Waals surface area contributed by atoms with Gasteiger partial charge < -0.3 is 5.11 Å². The monoisotopic (exact) mass is 223 g/mol. The topological polar surface area (TPSA) is 23.5 Å². The molecule has 15 heavy (non-hydrogen) atoms. The number of rotatable bonds is 4. The molecule has 0 aromatic heterocycles. The Bertz CT molecular complexity index is 310. The van der Waals surface area contributed by atoms with Crippen LogP contribution in [-0.4, -0.2) is 29.0 Å². The summed E-state index contributed by atoms with van der Waals surface area (Å²) in [6, 6.07) is 7.59. The van der Waals surface area contributed by atoms with Crippen LogP contribution in [-0.2, 0) is 5.75 Å². The Morgan fingerprint density at radius 2 is 1.93 bits per heavy atom. The molecule has 82 valence electrons. The van der Waals surface area contributed by atoms with Crippen LogP contribution in [0, 0.1) is 0 Å². The van der Waals surface area contributed by atoms with Crippen LogP contribution in [0.5, 0.6) is 5.75 Å². The predicted octanol–water partition coefficient (Wildman–Crippen LogP) is 2.68. The van der Waals surface area contributed by atoms with Crippen LogP contribution in [0.15, 0.2) is 24.3 Å². The number of likely N-dealkylation sites (tertiary alicyclic amines) is 1. The van der Waals surface area contributed by atoms with Crippen LogP contribution in [0.25, 0.3) is 0 Å². The average molecular weight is 223 g/mol. The molecule has 0 amide bonds. The number of aromatic hydroxyl groups is 1. The summed E-state index contributed by atoms with van der Waals surface area (Å²) in [5.41, 5.74) is 1.04. The lowest BCUT2D eigenvalue weighted by Crippen LogP contribution is -2.18. The molecule has 0 saturated carbocycles. The molecule has 0 spiro atoms. The van der Waals surface area contributed by atoms with E-state index in [1.807, 2.05) is 30.0 Å². The molecule has 3 heteroatoms. The van der Waals surface area contributed by atoms with Gasteiger partial charge in [0.15, 0.2) is 0 Å². The molecule has 1 aliphatic heterocycles. The molecule has 1 aromatic rings. The Labute approximate surface area is 95.3 Å². The van der Waals surface area contributed by atoms with Gasteiger partial charge in [-0.2, -0.15) is 0 Å². The molecule has 0 unspecified atom stereocenters. The zero-order chi connectivity index (χ0) is 10.5. The maximum atomic E-state index is 9.58. The van der Waals surface area contributed by atoms with E-state index in [-0.39, 0.29) is 0 Å². The molecule has 1 aliphatic rings. The first-order valence-corrected chi connectivity index (χ1v) is 6.59. The van der Waals surface area contributed by atoms with Crippen LogP contribution in [0.2, 0.25) is 0 Å². The zero-order valence-electron chi connectivity index (χ0n) is 8.85. The van der Waals surface area contributed by atoms with Crippen molar-refractivity contribution in [2.24, 2.45) is 0 Å². The summed E-state index contributed by atoms with van der Waals surface area (Å²) in [5, 5.41) is 9.58. The molecule has 1 heterocycles. The first kappa shape index (κ1) is 10.8. The van der Waals surface area contributed by atoms with Gasteiger partial charge in [0.05, 0.1) is 0 Å². The maximum Gasteiger partial charge on any atom is 0.119 e. The van der Waals surface area contributed by atoms with E-state index >= 15 is 0 Å². The maximum absolute atomic E-state index is 9.58. The quantitative estimate of drug-likeness (QED) is 0.849. The molecule has 2 nitrogen and oxygen atoms in total. The van der Waals surface area contributed by atoms with Crippen molar-refractivity contribution in [1.29, 1.82) is 0 Å². The van der Waals surface area contributed by atoms with Crippen LogP contribution in [0.4, 0.5) is 0 Å². The highest BCUT2D eigenvalue weighted by Crippen LogP contribution is 2.22. The number of phenolic OH excluding ortho intramolecular Hbond substituents is 1. The number of thioether (sulfide) groups is 1. The molecular weight excluding hydrogens is 206 g/mol. The largest absolute Gasteiger partial charge is 0.508 e. The van der Waals surface area contributed by atoms with E-state index in [1.54, 1.807) is 6.07 Å². The predicted molar refractivity (Wildman–Crippen MR) is 65.1 cm³/mol. The highest BCUT2D eigenvalue weighted by atomic mass is 32.2. The van der Waals surface area contributed by atoms with Gasteiger partial charge in [-0.15, -0.1) is 11.8 Å². The van der Waals surface area contributed by atoms with Crippen molar-refractivity contribution in [3.05, 3.63) is 29.8 Å². The van der Waals surface area contributed by atoms with Crippen LogP contribution < -0.4 is 0 Å². The summed E-state index contributed by atoms with van der Waals surface area (Å²) < 4.78 is 0. The number of benzene rings is 1. The van der Waals surface area contributed by atoms with E-state index in [9.17, 15) is 5.11 Å². The van der Waals surface area contributed by atoms with E-state index in [1.165, 1.54) is 25.9 Å². The molecule has 1 fully saturated rings. The van der Waals surface area contributed by atoms with Gasteiger partial charge in [0.25, 0.3) is 0 Å². The van der Waals surface area contributed by atoms with Gasteiger partial charge >= 0.3 is 0 Å². The highest BCUT2D eigenvalue weighted by Gasteiger charge is 2.10. The Morgan fingerprint density at radius 1 is 1.20 bits per heavy atom. The van der Waals surface area contributed by atoms with Gasteiger partial charge in [-0.3, -0.25) is 4.90 Å². The summed E-state index contributed by atoms with van der Waals surface area (Å²) in [7, 11) is 0. The first-order chi connectivity index (χ1) is 7.36. The summed E-state index contributed by atoms with van der Waals surface area (Å²) in [4.78, 5) is 2.48. The van der Waals surface area contributed by atoms with Crippen molar-refractivity contribution in [2.45, 2.75) is 18.6 Å². The molecule has 0 aliphatic carbocycles. The average Bonchev–Trinajstić information content (AvgIpc) is 2.74. The van der Waals surface area contributed by atoms with Gasteiger partial charge in [-0.05, 0) is 32.0 Å². The first-order valence-electron chi connectivity index (χ1n) is 5.43. The molecule has 2 rings (SSSR count). The van der Waals surface area contributed by atoms with Gasteiger partial charge in [-0.25, -0.2) is 0 Å². The van der Waals surface area contributed by atoms with E-state index < -0.39 is 0 Å². The normalized spacial score (nSPS) is 17.1. The van der Waals surface area contributed by atoms with Crippen molar-refractivity contribution < 1.29 is 5.11 Å². The van der Waals surface area contributed by atoms with Crippen molar-refractivity contribution >= 4 is 11.8 Å². The number of phenols is 1. The fraction of sp³-hybridized carbons (Fsp3) is 0.500. The molecule has 1 saturated heterocycles. The molecule has 0 bridgehead atoms. The van der Waals surface area contributed by atoms with Crippen molar-refractivity contribution in [3.63, 3.8) is 0 Å². The third-order valence-corrected chi connectivity index (χ3v) is 3.78. The summed E-state index contributed by atoms with van der Waals surface area (Å²) in [6.07, 6.45) is 2.69. The summed E-state index contributed by atoms with van der Waals surface area (Å²) in [5.74, 6) is 2.42. The number of hydrogen-bond donors (Lipinski definition) is 1. The third kappa shape index (κ3) is 3.14. The lowest BCUT2D eigenvalue weighted by molar-refractivity contribution is 0.401. The Kier molecular flexibility index (Phi) is 3.92. The Morgan fingerprint density at radius 3 is 2.67 bits per heavy atom.